The monoisotopic (exact) mass is 747 g/mol. The molecule has 14 nitrogen and oxygen atoms in total. The summed E-state index contributed by atoms with van der Waals surface area (Å²) >= 11 is 0. The molecule has 0 radical (unpaired) electrons. The molecule has 1 atom stereocenters. The molecule has 1 heterocycles. The number of carbonyl (C=O) groups is 3. The molecule has 1 aliphatic rings. The van der Waals surface area contributed by atoms with Gasteiger partial charge in [0.25, 0.3) is 0 Å². The maximum absolute atomic E-state index is 15.9. The minimum absolute atomic E-state index is 0.0148. The molecule has 0 N–H and O–H groups in total. The van der Waals surface area contributed by atoms with Crippen LogP contribution in [0.3, 0.4) is 0 Å². The minimum atomic E-state index is -6.21. The summed E-state index contributed by atoms with van der Waals surface area (Å²) < 4.78 is 101. The van der Waals surface area contributed by atoms with Crippen LogP contribution >= 0.6 is 0 Å². The van der Waals surface area contributed by atoms with E-state index in [1.165, 1.54) is 66.2 Å². The van der Waals surface area contributed by atoms with Crippen molar-refractivity contribution < 1.29 is 58.8 Å². The summed E-state index contributed by atoms with van der Waals surface area (Å²) in [5, 5.41) is 0. The van der Waals surface area contributed by atoms with Crippen LogP contribution in [0.15, 0.2) is 47.5 Å². The van der Waals surface area contributed by atoms with Gasteiger partial charge in [-0.2, -0.15) is 21.6 Å². The largest absolute Gasteiger partial charge is 0.523 e. The Labute approximate surface area is 293 Å². The molecule has 1 fully saturated rings. The number of amides is 4. The predicted molar refractivity (Wildman–Crippen MR) is 175 cm³/mol. The van der Waals surface area contributed by atoms with Crippen LogP contribution in [0.4, 0.5) is 31.9 Å². The molecule has 0 saturated carbocycles. The Hall–Kier alpha value is -4.65. The third-order valence-electron chi connectivity index (χ3n) is 6.75. The van der Waals surface area contributed by atoms with Gasteiger partial charge in [0.2, 0.25) is 5.96 Å². The van der Waals surface area contributed by atoms with Crippen molar-refractivity contribution in [3.05, 3.63) is 65.0 Å². The minimum Gasteiger partial charge on any atom is -0.497 e. The maximum atomic E-state index is 15.9. The molecule has 2 aromatic carbocycles. The number of carbonyl (C=O) groups excluding carboxylic acids is 3. The van der Waals surface area contributed by atoms with Crippen LogP contribution < -0.4 is 4.74 Å². The molecule has 1 aliphatic heterocycles. The Kier molecular flexibility index (Phi) is 12.2. The van der Waals surface area contributed by atoms with Gasteiger partial charge in [0.15, 0.2) is 0 Å². The van der Waals surface area contributed by atoms with E-state index in [9.17, 15) is 36.0 Å². The van der Waals surface area contributed by atoms with E-state index in [0.29, 0.717) is 0 Å². The van der Waals surface area contributed by atoms with E-state index < -0.39 is 63.0 Å². The molecule has 19 heteroatoms. The first-order chi connectivity index (χ1) is 23.3. The van der Waals surface area contributed by atoms with Crippen LogP contribution in [0.25, 0.3) is 0 Å². The molecule has 0 bridgehead atoms. The van der Waals surface area contributed by atoms with E-state index in [2.05, 4.69) is 9.18 Å². The summed E-state index contributed by atoms with van der Waals surface area (Å²) in [6.07, 6.45) is -4.22. The summed E-state index contributed by atoms with van der Waals surface area (Å²) in [5.74, 6) is -1.23. The van der Waals surface area contributed by atoms with Crippen molar-refractivity contribution in [1.82, 2.24) is 19.6 Å². The molecule has 3 rings (SSSR count). The van der Waals surface area contributed by atoms with Crippen molar-refractivity contribution in [3.8, 4) is 5.75 Å². The summed E-state index contributed by atoms with van der Waals surface area (Å²) in [6, 6.07) is 7.79. The van der Waals surface area contributed by atoms with Crippen LogP contribution in [-0.4, -0.2) is 103 Å². The number of hydrogen-bond donors (Lipinski definition) is 0. The molecule has 2 aromatic rings. The number of halogens is 4. The van der Waals surface area contributed by atoms with Gasteiger partial charge in [-0.05, 0) is 70.9 Å². The lowest BCUT2D eigenvalue weighted by Crippen LogP contribution is -2.60. The Morgan fingerprint density at radius 1 is 0.922 bits per heavy atom. The Bertz CT molecular complexity index is 1730. The summed E-state index contributed by atoms with van der Waals surface area (Å²) in [4.78, 5) is 48.2. The zero-order chi connectivity index (χ0) is 38.7. The van der Waals surface area contributed by atoms with E-state index in [1.54, 1.807) is 41.5 Å². The van der Waals surface area contributed by atoms with E-state index in [1.807, 2.05) is 0 Å². The van der Waals surface area contributed by atoms with Crippen LogP contribution in [0.2, 0.25) is 0 Å². The Morgan fingerprint density at radius 3 is 1.94 bits per heavy atom. The van der Waals surface area contributed by atoms with Gasteiger partial charge in [0.05, 0.1) is 27.0 Å². The highest BCUT2D eigenvalue weighted by molar-refractivity contribution is 7.87. The van der Waals surface area contributed by atoms with Gasteiger partial charge in [0, 0.05) is 19.7 Å². The molecule has 1 saturated heterocycles. The van der Waals surface area contributed by atoms with Crippen molar-refractivity contribution in [2.45, 2.75) is 70.9 Å². The van der Waals surface area contributed by atoms with Crippen molar-refractivity contribution in [2.75, 3.05) is 34.5 Å². The lowest BCUT2D eigenvalue weighted by molar-refractivity contribution is -0.0563. The van der Waals surface area contributed by atoms with Gasteiger partial charge in [-0.15, -0.1) is 4.99 Å². The maximum Gasteiger partial charge on any atom is 0.523 e. The summed E-state index contributed by atoms with van der Waals surface area (Å²) in [7, 11) is -1.93. The molecule has 51 heavy (non-hydrogen) atoms. The van der Waals surface area contributed by atoms with Gasteiger partial charge in [-0.25, -0.2) is 27.9 Å². The average Bonchev–Trinajstić information content (AvgIpc) is 2.98. The number of methoxy groups -OCH3 is 1. The fraction of sp³-hybridized carbons (Fsp3) is 0.500. The van der Waals surface area contributed by atoms with Gasteiger partial charge < -0.3 is 28.9 Å². The number of ether oxygens (including phenoxy) is 3. The number of benzene rings is 2. The van der Waals surface area contributed by atoms with Crippen molar-refractivity contribution in [1.29, 1.82) is 0 Å². The zero-order valence-electron chi connectivity index (χ0n) is 29.6. The van der Waals surface area contributed by atoms with Gasteiger partial charge in [-0.3, -0.25) is 0 Å². The number of nitrogens with zero attached hydrogens (tertiary/aromatic N) is 5. The standard InChI is InChI=1S/C32H41F4N5O9S/c1-30(2,3)48-27(42)37-26(40-18-38(7)28(43)39(8)19-40)41(29(44)49-31(4,5)6)17-20-10-15-23(24(33)16-20)25(50-51(45,46)32(34,35)36)21-11-13-22(47-9)14-12-21/h10-16,25H,17-19H2,1-9H3/b37-26+/t25-/m1/s1. The lowest BCUT2D eigenvalue weighted by Gasteiger charge is -2.42. The van der Waals surface area contributed by atoms with Crippen LogP contribution in [0.5, 0.6) is 5.75 Å². The first-order valence-electron chi connectivity index (χ1n) is 15.3. The number of urea groups is 1. The fourth-order valence-electron chi connectivity index (χ4n) is 4.61. The Morgan fingerprint density at radius 2 is 1.47 bits per heavy atom. The predicted octanol–water partition coefficient (Wildman–Crippen LogP) is 6.03. The molecule has 282 valence electrons. The van der Waals surface area contributed by atoms with E-state index >= 15 is 4.39 Å². The highest BCUT2D eigenvalue weighted by Gasteiger charge is 2.49. The highest BCUT2D eigenvalue weighted by Crippen LogP contribution is 2.36. The highest BCUT2D eigenvalue weighted by atomic mass is 32.2. The van der Waals surface area contributed by atoms with Gasteiger partial charge in [0.1, 0.15) is 28.9 Å². The van der Waals surface area contributed by atoms with Crippen LogP contribution in [0.1, 0.15) is 64.3 Å². The molecule has 0 aliphatic carbocycles. The third-order valence-corrected chi connectivity index (χ3v) is 7.77. The SMILES string of the molecule is COc1ccc([C@@H](OS(=O)(=O)C(F)(F)F)c2ccc(CN(C(=O)OC(C)(C)C)/C(=N/C(=O)OC(C)(C)C)N3CN(C)C(=O)N(C)C3)cc2F)cc1. The second-order valence-electron chi connectivity index (χ2n) is 13.5. The van der Waals surface area contributed by atoms with E-state index in [4.69, 9.17) is 14.2 Å². The number of rotatable bonds is 7. The second-order valence-corrected chi connectivity index (χ2v) is 15.0. The topological polar surface area (TPSA) is 148 Å². The van der Waals surface area contributed by atoms with Crippen molar-refractivity contribution in [3.63, 3.8) is 0 Å². The quantitative estimate of drug-likeness (QED) is 0.108. The molecular weight excluding hydrogens is 706 g/mol. The number of aliphatic imine (C=N–C) groups is 1. The van der Waals surface area contributed by atoms with E-state index in [0.717, 1.165) is 17.0 Å². The number of hydrogen-bond acceptors (Lipinski definition) is 9. The fourth-order valence-corrected chi connectivity index (χ4v) is 5.19. The molecule has 0 unspecified atom stereocenters. The lowest BCUT2D eigenvalue weighted by atomic mass is 9.99. The number of alkyl halides is 3. The molecule has 0 spiro atoms. The first kappa shape index (κ1) is 40.8. The van der Waals surface area contributed by atoms with Crippen LogP contribution in [0, 0.1) is 5.82 Å². The summed E-state index contributed by atoms with van der Waals surface area (Å²) in [6.45, 7) is 8.71. The molecular formula is C32H41F4N5O9S. The molecule has 4 amide bonds. The smallest absolute Gasteiger partial charge is 0.497 e. The normalized spacial score (nSPS) is 15.4. The second kappa shape index (κ2) is 15.3. The van der Waals surface area contributed by atoms with Gasteiger partial charge >= 0.3 is 33.8 Å². The summed E-state index contributed by atoms with van der Waals surface area (Å²) in [5.41, 5.74) is -8.59. The average molecular weight is 748 g/mol. The number of guanidine groups is 1. The third kappa shape index (κ3) is 10.9. The van der Waals surface area contributed by atoms with E-state index in [-0.39, 0.29) is 42.2 Å². The van der Waals surface area contributed by atoms with Crippen LogP contribution in [-0.2, 0) is 30.3 Å². The zero-order valence-corrected chi connectivity index (χ0v) is 30.4. The van der Waals surface area contributed by atoms with Crippen molar-refractivity contribution in [2.24, 2.45) is 4.99 Å². The Balaban J connectivity index is 2.15. The van der Waals surface area contributed by atoms with Crippen molar-refractivity contribution >= 4 is 34.3 Å². The molecule has 0 aromatic heterocycles. The van der Waals surface area contributed by atoms with Gasteiger partial charge in [-0.1, -0.05) is 24.3 Å². The first-order valence-corrected chi connectivity index (χ1v) is 16.7.